The van der Waals surface area contributed by atoms with E-state index in [-0.39, 0.29) is 0 Å². The van der Waals surface area contributed by atoms with E-state index in [2.05, 4.69) is 25.4 Å². The third-order valence-corrected chi connectivity index (χ3v) is 3.98. The maximum atomic E-state index is 3.45. The van der Waals surface area contributed by atoms with Crippen molar-refractivity contribution in [1.29, 1.82) is 0 Å². The molecule has 2 heteroatoms. The van der Waals surface area contributed by atoms with Crippen LogP contribution in [-0.4, -0.2) is 18.2 Å². The van der Waals surface area contributed by atoms with Gasteiger partial charge in [0, 0.05) is 12.0 Å². The predicted molar refractivity (Wildman–Crippen MR) is 48.3 cm³/mol. The molecule has 0 bridgehead atoms. The van der Waals surface area contributed by atoms with Crippen LogP contribution in [0.5, 0.6) is 0 Å². The first kappa shape index (κ1) is 8.41. The lowest BCUT2D eigenvalue weighted by atomic mass is 9.76. The molecule has 10 heavy (non-hydrogen) atoms. The first-order valence-corrected chi connectivity index (χ1v) is 5.34. The Labute approximate surface area is 68.0 Å². The number of hydrogen-bond acceptors (Lipinski definition) is 2. The second-order valence-corrected chi connectivity index (χ2v) is 4.01. The Hall–Kier alpha value is 0.310. The number of nitrogens with one attached hydrogen (secondary N) is 1. The van der Waals surface area contributed by atoms with E-state index >= 15 is 0 Å². The Kier molecular flexibility index (Phi) is 2.64. The second-order valence-electron chi connectivity index (χ2n) is 3.07. The van der Waals surface area contributed by atoms with Crippen LogP contribution < -0.4 is 5.32 Å². The number of rotatable bonds is 3. The van der Waals surface area contributed by atoms with Gasteiger partial charge in [-0.15, -0.1) is 11.8 Å². The van der Waals surface area contributed by atoms with E-state index in [0.717, 1.165) is 5.37 Å². The minimum Gasteiger partial charge on any atom is -0.304 e. The van der Waals surface area contributed by atoms with E-state index < -0.39 is 0 Å². The van der Waals surface area contributed by atoms with Crippen molar-refractivity contribution in [3.8, 4) is 0 Å². The molecule has 1 nitrogen and oxygen atoms in total. The van der Waals surface area contributed by atoms with Crippen LogP contribution in [0.15, 0.2) is 0 Å². The SMILES string of the molecule is CCC1(CC)CNC1SC. The summed E-state index contributed by atoms with van der Waals surface area (Å²) >= 11 is 1.96. The van der Waals surface area contributed by atoms with E-state index in [9.17, 15) is 0 Å². The zero-order chi connectivity index (χ0) is 7.61. The lowest BCUT2D eigenvalue weighted by molar-refractivity contribution is 0.130. The van der Waals surface area contributed by atoms with Gasteiger partial charge in [-0.05, 0) is 19.1 Å². The minimum atomic E-state index is 0.624. The van der Waals surface area contributed by atoms with Gasteiger partial charge in [0.25, 0.3) is 0 Å². The van der Waals surface area contributed by atoms with Crippen molar-refractivity contribution < 1.29 is 0 Å². The van der Waals surface area contributed by atoms with Crippen molar-refractivity contribution in [2.45, 2.75) is 32.1 Å². The highest BCUT2D eigenvalue weighted by atomic mass is 32.2. The van der Waals surface area contributed by atoms with Crippen LogP contribution in [0.3, 0.4) is 0 Å². The molecule has 0 amide bonds. The molecule has 0 saturated carbocycles. The maximum absolute atomic E-state index is 3.45. The van der Waals surface area contributed by atoms with Crippen LogP contribution in [0.2, 0.25) is 0 Å². The van der Waals surface area contributed by atoms with Crippen LogP contribution in [0.25, 0.3) is 0 Å². The summed E-state index contributed by atoms with van der Waals surface area (Å²) in [5, 5.41) is 4.18. The summed E-state index contributed by atoms with van der Waals surface area (Å²) in [5.41, 5.74) is 0.624. The molecule has 1 unspecified atom stereocenters. The molecule has 1 aliphatic rings. The van der Waals surface area contributed by atoms with Gasteiger partial charge < -0.3 is 5.32 Å². The van der Waals surface area contributed by atoms with E-state index in [4.69, 9.17) is 0 Å². The van der Waals surface area contributed by atoms with Gasteiger partial charge in [-0.3, -0.25) is 0 Å². The highest BCUT2D eigenvalue weighted by Gasteiger charge is 2.42. The first-order valence-electron chi connectivity index (χ1n) is 4.05. The summed E-state index contributed by atoms with van der Waals surface area (Å²) in [5.74, 6) is 0. The summed E-state index contributed by atoms with van der Waals surface area (Å²) < 4.78 is 0. The molecular weight excluding hydrogens is 142 g/mol. The van der Waals surface area contributed by atoms with Crippen LogP contribution >= 0.6 is 11.8 Å². The van der Waals surface area contributed by atoms with Gasteiger partial charge in [0.1, 0.15) is 0 Å². The van der Waals surface area contributed by atoms with Crippen LogP contribution in [0.1, 0.15) is 26.7 Å². The van der Waals surface area contributed by atoms with E-state index in [1.807, 2.05) is 11.8 Å². The van der Waals surface area contributed by atoms with Crippen LogP contribution in [-0.2, 0) is 0 Å². The van der Waals surface area contributed by atoms with Gasteiger partial charge in [-0.1, -0.05) is 13.8 Å². The Morgan fingerprint density at radius 3 is 2.20 bits per heavy atom. The summed E-state index contributed by atoms with van der Waals surface area (Å²) in [4.78, 5) is 0. The standard InChI is InChI=1S/C8H17NS/c1-4-8(5-2)6-9-7(8)10-3/h7,9H,4-6H2,1-3H3. The molecule has 0 radical (unpaired) electrons. The Bertz CT molecular complexity index is 102. The molecule has 1 heterocycles. The van der Waals surface area contributed by atoms with Gasteiger partial charge >= 0.3 is 0 Å². The zero-order valence-corrected chi connectivity index (χ0v) is 7.92. The first-order chi connectivity index (χ1) is 4.79. The fraction of sp³-hybridized carbons (Fsp3) is 1.00. The molecule has 0 aromatic rings. The molecule has 0 aromatic heterocycles. The molecule has 1 N–H and O–H groups in total. The molecule has 0 aromatic carbocycles. The summed E-state index contributed by atoms with van der Waals surface area (Å²) in [6.07, 6.45) is 4.83. The van der Waals surface area contributed by atoms with Crippen molar-refractivity contribution in [1.82, 2.24) is 5.32 Å². The van der Waals surface area contributed by atoms with Crippen LogP contribution in [0, 0.1) is 5.41 Å². The molecule has 1 rings (SSSR count). The van der Waals surface area contributed by atoms with Gasteiger partial charge in [0.2, 0.25) is 0 Å². The Morgan fingerprint density at radius 2 is 2.10 bits per heavy atom. The molecule has 1 fully saturated rings. The second kappa shape index (κ2) is 3.14. The summed E-state index contributed by atoms with van der Waals surface area (Å²) in [7, 11) is 0. The summed E-state index contributed by atoms with van der Waals surface area (Å²) in [6.45, 7) is 5.83. The monoisotopic (exact) mass is 159 g/mol. The van der Waals surface area contributed by atoms with Crippen molar-refractivity contribution in [2.75, 3.05) is 12.8 Å². The molecule has 1 atom stereocenters. The highest BCUT2D eigenvalue weighted by Crippen LogP contribution is 2.41. The maximum Gasteiger partial charge on any atom is 0.0598 e. The van der Waals surface area contributed by atoms with Crippen LogP contribution in [0.4, 0.5) is 0 Å². The molecule has 1 aliphatic heterocycles. The average molecular weight is 159 g/mol. The van der Waals surface area contributed by atoms with E-state index in [1.165, 1.54) is 19.4 Å². The Balaban J connectivity index is 2.48. The van der Waals surface area contributed by atoms with E-state index in [0.29, 0.717) is 5.41 Å². The molecule has 60 valence electrons. The van der Waals surface area contributed by atoms with Gasteiger partial charge in [0.15, 0.2) is 0 Å². The van der Waals surface area contributed by atoms with Crippen molar-refractivity contribution in [3.63, 3.8) is 0 Å². The van der Waals surface area contributed by atoms with Gasteiger partial charge in [-0.2, -0.15) is 0 Å². The zero-order valence-electron chi connectivity index (χ0n) is 7.11. The summed E-state index contributed by atoms with van der Waals surface area (Å²) in [6, 6.07) is 0. The lowest BCUT2D eigenvalue weighted by Gasteiger charge is -2.49. The molecule has 1 saturated heterocycles. The highest BCUT2D eigenvalue weighted by molar-refractivity contribution is 7.99. The fourth-order valence-corrected chi connectivity index (χ4v) is 2.84. The third-order valence-electron chi connectivity index (χ3n) is 2.84. The van der Waals surface area contributed by atoms with E-state index in [1.54, 1.807) is 0 Å². The van der Waals surface area contributed by atoms with Crippen molar-refractivity contribution in [2.24, 2.45) is 5.41 Å². The largest absolute Gasteiger partial charge is 0.304 e. The molecule has 0 spiro atoms. The quantitative estimate of drug-likeness (QED) is 0.676. The topological polar surface area (TPSA) is 12.0 Å². The smallest absolute Gasteiger partial charge is 0.0598 e. The predicted octanol–water partition coefficient (Wildman–Crippen LogP) is 2.09. The third kappa shape index (κ3) is 1.08. The van der Waals surface area contributed by atoms with Gasteiger partial charge in [0.05, 0.1) is 5.37 Å². The van der Waals surface area contributed by atoms with Gasteiger partial charge in [-0.25, -0.2) is 0 Å². The molecule has 0 aliphatic carbocycles. The minimum absolute atomic E-state index is 0.624. The van der Waals surface area contributed by atoms with Crippen molar-refractivity contribution in [3.05, 3.63) is 0 Å². The number of hydrogen-bond donors (Lipinski definition) is 1. The lowest BCUT2D eigenvalue weighted by Crippen LogP contribution is -2.59. The molecular formula is C8H17NS. The normalized spacial score (nSPS) is 29.7. The average Bonchev–Trinajstić information content (AvgIpc) is 1.90. The van der Waals surface area contributed by atoms with Crippen molar-refractivity contribution >= 4 is 11.8 Å². The fourth-order valence-electron chi connectivity index (χ4n) is 1.68. The Morgan fingerprint density at radius 1 is 1.50 bits per heavy atom. The number of thioether (sulfide) groups is 1.